The number of fused-ring (bicyclic) bond motifs is 6. The van der Waals surface area contributed by atoms with Crippen molar-refractivity contribution < 1.29 is 23.9 Å². The predicted octanol–water partition coefficient (Wildman–Crippen LogP) is 6.60. The molecule has 2 amide bonds. The number of likely N-dealkylation sites (tertiary alicyclic amines) is 1. The summed E-state index contributed by atoms with van der Waals surface area (Å²) >= 11 is 1.49. The van der Waals surface area contributed by atoms with Crippen molar-refractivity contribution in [2.75, 3.05) is 40.4 Å². The molecule has 0 aliphatic carbocycles. The number of carbonyl (C=O) groups excluding carboxylic acids is 3. The van der Waals surface area contributed by atoms with Crippen LogP contribution in [-0.2, 0) is 43.2 Å². The Labute approximate surface area is 400 Å². The van der Waals surface area contributed by atoms with E-state index >= 15 is 0 Å². The Morgan fingerprint density at radius 1 is 1.10 bits per heavy atom. The average molecular weight is 954 g/mol. The third-order valence-corrected chi connectivity index (χ3v) is 12.8. The molecule has 0 radical (unpaired) electrons. The number of aromatic nitrogens is 3. The van der Waals surface area contributed by atoms with Gasteiger partial charge < -0.3 is 24.3 Å². The summed E-state index contributed by atoms with van der Waals surface area (Å²) in [6, 6.07) is 9.03. The summed E-state index contributed by atoms with van der Waals surface area (Å²) in [5.41, 5.74) is 9.70. The number of thiazole rings is 1. The molecule has 7 rings (SSSR count). The molecule has 340 valence electrons. The zero-order chi connectivity index (χ0) is 39.9. The summed E-state index contributed by atoms with van der Waals surface area (Å²) in [5.74, 6) is -0.507. The molecule has 6 heterocycles. The first-order valence-electron chi connectivity index (χ1n) is 20.1. The molecule has 5 atom stereocenters. The molecule has 3 aliphatic rings. The lowest BCUT2D eigenvalue weighted by atomic mass is 9.84. The van der Waals surface area contributed by atoms with E-state index in [1.54, 1.807) is 7.11 Å². The van der Waals surface area contributed by atoms with Crippen molar-refractivity contribution in [3.63, 3.8) is 0 Å². The zero-order valence-corrected chi connectivity index (χ0v) is 42.4. The molecule has 3 aromatic heterocycles. The number of ether oxygens (including phenoxy) is 2. The molecule has 6 bridgehead atoms. The number of aryl methyl sites for hydroxylation is 1. The number of nitrogens with zero attached hydrogens (tertiary/aromatic N) is 5. The number of carbonyl (C=O) groups is 3. The number of hydrogen-bond donors (Lipinski definition) is 2. The minimum Gasteiger partial charge on any atom is -0.464 e. The van der Waals surface area contributed by atoms with Gasteiger partial charge in [0.25, 0.3) is 5.91 Å². The highest BCUT2D eigenvalue weighted by atomic mass is 32.1. The van der Waals surface area contributed by atoms with E-state index < -0.39 is 23.5 Å². The Balaban J connectivity index is 0.00000256. The molecule has 1 aromatic carbocycles. The van der Waals surface area contributed by atoms with Crippen LogP contribution in [0.3, 0.4) is 0 Å². The molecule has 0 saturated carbocycles. The van der Waals surface area contributed by atoms with Gasteiger partial charge in [-0.2, -0.15) is 67.5 Å². The van der Waals surface area contributed by atoms with E-state index in [0.29, 0.717) is 38.3 Å². The maximum absolute atomic E-state index is 14.4. The molecule has 12 nitrogen and oxygen atoms in total. The Hall–Kier alpha value is -2.42. The van der Waals surface area contributed by atoms with E-state index in [2.05, 4.69) is 79.1 Å². The first-order chi connectivity index (χ1) is 26.8. The quantitative estimate of drug-likeness (QED) is 0.197. The number of rotatable bonds is 7. The van der Waals surface area contributed by atoms with Crippen LogP contribution in [0.2, 0.25) is 0 Å². The second-order valence-electron chi connectivity index (χ2n) is 17.0. The lowest BCUT2D eigenvalue weighted by Crippen LogP contribution is -2.61. The van der Waals surface area contributed by atoms with Crippen LogP contribution < -0.4 is 10.7 Å². The van der Waals surface area contributed by atoms with Crippen molar-refractivity contribution in [3.8, 4) is 22.5 Å². The van der Waals surface area contributed by atoms with E-state index in [4.69, 9.17) is 19.4 Å². The lowest BCUT2D eigenvalue weighted by Gasteiger charge is -2.36. The normalized spacial score (nSPS) is 22.0. The highest BCUT2D eigenvalue weighted by Crippen LogP contribution is 2.42. The summed E-state index contributed by atoms with van der Waals surface area (Å²) in [7, 11) is 3.74. The number of methoxy groups -OCH3 is 1. The number of nitrogens with one attached hydrogen (secondary N) is 2. The third kappa shape index (κ3) is 11.6. The molecule has 4 aromatic rings. The smallest absolute Gasteiger partial charge is 0.324 e. The number of hydrazine groups is 1. The molecular formula is C43H67N7O5S6. The topological polar surface area (TPSA) is 131 Å². The van der Waals surface area contributed by atoms with Crippen LogP contribution in [0.15, 0.2) is 41.9 Å². The predicted molar refractivity (Wildman–Crippen MR) is 271 cm³/mol. The van der Waals surface area contributed by atoms with Gasteiger partial charge in [0.15, 0.2) is 0 Å². The molecule has 2 fully saturated rings. The molecule has 2 N–H and O–H groups in total. The summed E-state index contributed by atoms with van der Waals surface area (Å²) in [6.45, 7) is 15.5. The molecule has 0 unspecified atom stereocenters. The first-order valence-corrected chi connectivity index (χ1v) is 21.0. The van der Waals surface area contributed by atoms with Crippen LogP contribution in [0.1, 0.15) is 76.8 Å². The summed E-state index contributed by atoms with van der Waals surface area (Å²) < 4.78 is 14.2. The Bertz CT molecular complexity index is 2110. The second kappa shape index (κ2) is 23.0. The van der Waals surface area contributed by atoms with Gasteiger partial charge >= 0.3 is 5.97 Å². The largest absolute Gasteiger partial charge is 0.464 e. The monoisotopic (exact) mass is 953 g/mol. The fourth-order valence-corrected chi connectivity index (χ4v) is 9.68. The fraction of sp³-hybridized carbons (Fsp3) is 0.558. The van der Waals surface area contributed by atoms with Gasteiger partial charge in [-0.05, 0) is 81.8 Å². The molecule has 0 spiro atoms. The molecule has 61 heavy (non-hydrogen) atoms. The molecular weight excluding hydrogens is 887 g/mol. The molecule has 2 saturated heterocycles. The van der Waals surface area contributed by atoms with E-state index in [-0.39, 0.29) is 110 Å². The van der Waals surface area contributed by atoms with Gasteiger partial charge in [-0.15, -0.1) is 11.3 Å². The maximum Gasteiger partial charge on any atom is 0.324 e. The van der Waals surface area contributed by atoms with Gasteiger partial charge in [-0.1, -0.05) is 33.8 Å². The lowest BCUT2D eigenvalue weighted by molar-refractivity contribution is -0.155. The van der Waals surface area contributed by atoms with Crippen LogP contribution >= 0.6 is 78.8 Å². The van der Waals surface area contributed by atoms with E-state index in [1.165, 1.54) is 16.3 Å². The van der Waals surface area contributed by atoms with Crippen LogP contribution in [0.25, 0.3) is 33.4 Å². The van der Waals surface area contributed by atoms with Crippen molar-refractivity contribution in [2.45, 2.75) is 92.0 Å². The van der Waals surface area contributed by atoms with Gasteiger partial charge in [0.1, 0.15) is 12.1 Å². The SMILES string of the molecule is CCn1c(-c2cccnc2[C@H](C)OC)c2c3cc(ccc31)-c1csc(n1)C[C@H](NC(=O)[C@@H]1CN(C)C[C@H]1C(C)C)C(=O)N1CCC[C@H](N1)C(=O)OCC(C)(C)C2.S.S.S.S.S. The van der Waals surface area contributed by atoms with Crippen LogP contribution in [0.5, 0.6) is 0 Å². The molecule has 3 aliphatic heterocycles. The first kappa shape index (κ1) is 54.7. The highest BCUT2D eigenvalue weighted by Gasteiger charge is 2.41. The maximum atomic E-state index is 14.4. The number of esters is 1. The van der Waals surface area contributed by atoms with Gasteiger partial charge in [0, 0.05) is 78.7 Å². The van der Waals surface area contributed by atoms with Crippen molar-refractivity contribution in [3.05, 3.63) is 58.2 Å². The second-order valence-corrected chi connectivity index (χ2v) is 17.9. The minimum atomic E-state index is -0.862. The standard InChI is InChI=1S/C43H57N7O5S.5H2S/c1-9-49-36-15-14-27-18-29(36)30(39(49)28-12-10-16-44-38(28)26(4)54-8)20-43(5,6)24-55-42(53)33-13-11-17-50(47-33)41(52)34(19-37-45-35(27)23-56-37)46-40(51)32-22-48(7)21-31(32)25(2)3;;;;;/h10,12,14-16,18,23,25-26,31-34,47H,9,11,13,17,19-22,24H2,1-8H3,(H,46,51);5*1H2/t26-,31-,32+,33-,34-;;;;;/m0...../s1. The van der Waals surface area contributed by atoms with Crippen LogP contribution in [-0.4, -0.2) is 94.7 Å². The Morgan fingerprint density at radius 3 is 2.52 bits per heavy atom. The van der Waals surface area contributed by atoms with Crippen LogP contribution in [0.4, 0.5) is 0 Å². The number of cyclic esters (lactones) is 1. The number of pyridine rings is 1. The highest BCUT2D eigenvalue weighted by molar-refractivity contribution is 7.60. The number of amides is 2. The minimum absolute atomic E-state index is 0. The van der Waals surface area contributed by atoms with Crippen molar-refractivity contribution >= 4 is 108 Å². The van der Waals surface area contributed by atoms with Crippen molar-refractivity contribution in [1.29, 1.82) is 0 Å². The van der Waals surface area contributed by atoms with E-state index in [0.717, 1.165) is 62.8 Å². The van der Waals surface area contributed by atoms with Gasteiger partial charge in [-0.25, -0.2) is 10.4 Å². The van der Waals surface area contributed by atoms with Gasteiger partial charge in [0.2, 0.25) is 5.91 Å². The summed E-state index contributed by atoms with van der Waals surface area (Å²) in [5, 5.41) is 8.56. The Morgan fingerprint density at radius 2 is 1.84 bits per heavy atom. The summed E-state index contributed by atoms with van der Waals surface area (Å²) in [4.78, 5) is 54.2. The third-order valence-electron chi connectivity index (χ3n) is 11.9. The van der Waals surface area contributed by atoms with Gasteiger partial charge in [0.05, 0.1) is 40.7 Å². The fourth-order valence-electron chi connectivity index (χ4n) is 8.83. The van der Waals surface area contributed by atoms with E-state index in [9.17, 15) is 14.4 Å². The van der Waals surface area contributed by atoms with Crippen LogP contribution in [0, 0.1) is 23.2 Å². The van der Waals surface area contributed by atoms with Gasteiger partial charge in [-0.3, -0.25) is 24.4 Å². The zero-order valence-electron chi connectivity index (χ0n) is 36.6. The summed E-state index contributed by atoms with van der Waals surface area (Å²) in [6.07, 6.45) is 3.61. The van der Waals surface area contributed by atoms with E-state index in [1.807, 2.05) is 31.6 Å². The van der Waals surface area contributed by atoms with Crippen molar-refractivity contribution in [2.24, 2.45) is 23.2 Å². The average Bonchev–Trinajstić information content (AvgIpc) is 3.91. The number of hydrogen-bond acceptors (Lipinski definition) is 10. The Kier molecular flexibility index (Phi) is 20.6. The van der Waals surface area contributed by atoms with Crippen molar-refractivity contribution in [1.82, 2.24) is 35.2 Å². The number of benzene rings is 1. The molecule has 18 heteroatoms.